The Morgan fingerprint density at radius 3 is 2.58 bits per heavy atom. The van der Waals surface area contributed by atoms with Crippen LogP contribution in [0, 0.1) is 18.3 Å². The van der Waals surface area contributed by atoms with Crippen molar-refractivity contribution >= 4 is 5.69 Å². The predicted molar refractivity (Wildman–Crippen MR) is 99.0 cm³/mol. The molecule has 0 amide bonds. The largest absolute Gasteiger partial charge is 0.380 e. The zero-order valence-corrected chi connectivity index (χ0v) is 14.4. The second kappa shape index (κ2) is 10.5. The summed E-state index contributed by atoms with van der Waals surface area (Å²) in [5, 5.41) is 8.49. The zero-order valence-electron chi connectivity index (χ0n) is 14.4. The van der Waals surface area contributed by atoms with E-state index in [-0.39, 0.29) is 0 Å². The Morgan fingerprint density at radius 2 is 1.83 bits per heavy atom. The molecular formula is C21H26N2O. The van der Waals surface area contributed by atoms with Crippen LogP contribution < -0.4 is 4.90 Å². The Bertz CT molecular complexity index is 634. The lowest BCUT2D eigenvalue weighted by Gasteiger charge is -2.25. The third kappa shape index (κ3) is 6.44. The van der Waals surface area contributed by atoms with Crippen LogP contribution in [-0.2, 0) is 11.3 Å². The summed E-state index contributed by atoms with van der Waals surface area (Å²) in [6.45, 7) is 5.32. The van der Waals surface area contributed by atoms with Gasteiger partial charge < -0.3 is 9.64 Å². The van der Waals surface area contributed by atoms with Gasteiger partial charge in [-0.1, -0.05) is 42.5 Å². The van der Waals surface area contributed by atoms with E-state index in [4.69, 9.17) is 10.00 Å². The molecular weight excluding hydrogens is 296 g/mol. The molecule has 0 aliphatic heterocycles. The van der Waals surface area contributed by atoms with Crippen LogP contribution in [0.3, 0.4) is 0 Å². The van der Waals surface area contributed by atoms with Crippen molar-refractivity contribution in [3.63, 3.8) is 0 Å². The lowest BCUT2D eigenvalue weighted by atomic mass is 10.1. The smallest absolute Gasteiger partial charge is 0.0645 e. The van der Waals surface area contributed by atoms with Crippen LogP contribution in [0.2, 0.25) is 0 Å². The van der Waals surface area contributed by atoms with Gasteiger partial charge in [-0.2, -0.15) is 5.26 Å². The first kappa shape index (κ1) is 18.0. The van der Waals surface area contributed by atoms with Gasteiger partial charge in [0.05, 0.1) is 19.1 Å². The SMILES string of the molecule is Cc1cccc(N(CCCCOCCC#N)Cc2ccccc2)c1. The van der Waals surface area contributed by atoms with Gasteiger partial charge in [0.2, 0.25) is 0 Å². The van der Waals surface area contributed by atoms with Crippen LogP contribution >= 0.6 is 0 Å². The van der Waals surface area contributed by atoms with Crippen molar-refractivity contribution in [2.24, 2.45) is 0 Å². The minimum Gasteiger partial charge on any atom is -0.380 e. The Hall–Kier alpha value is -2.31. The molecule has 0 spiro atoms. The lowest BCUT2D eigenvalue weighted by molar-refractivity contribution is 0.136. The molecule has 0 aliphatic rings. The molecule has 126 valence electrons. The fourth-order valence-electron chi connectivity index (χ4n) is 2.65. The van der Waals surface area contributed by atoms with Gasteiger partial charge in [-0.15, -0.1) is 0 Å². The van der Waals surface area contributed by atoms with Crippen molar-refractivity contribution in [2.45, 2.75) is 32.7 Å². The summed E-state index contributed by atoms with van der Waals surface area (Å²) in [5.74, 6) is 0. The summed E-state index contributed by atoms with van der Waals surface area (Å²) >= 11 is 0. The van der Waals surface area contributed by atoms with E-state index in [0.717, 1.165) is 32.5 Å². The second-order valence-electron chi connectivity index (χ2n) is 5.97. The summed E-state index contributed by atoms with van der Waals surface area (Å²) in [4.78, 5) is 2.43. The first-order chi connectivity index (χ1) is 11.8. The standard InChI is InChI=1S/C21H26N2O/c1-19-9-7-12-21(17-19)23(18-20-10-3-2-4-11-20)14-5-6-15-24-16-8-13-22/h2-4,7,9-12,17H,5-6,8,14-16,18H2,1H3. The number of benzene rings is 2. The van der Waals surface area contributed by atoms with E-state index in [1.807, 2.05) is 0 Å². The molecule has 0 N–H and O–H groups in total. The Labute approximate surface area is 145 Å². The summed E-state index contributed by atoms with van der Waals surface area (Å²) in [5.41, 5.74) is 3.87. The second-order valence-corrected chi connectivity index (χ2v) is 5.97. The van der Waals surface area contributed by atoms with E-state index in [2.05, 4.69) is 72.5 Å². The maximum Gasteiger partial charge on any atom is 0.0645 e. The van der Waals surface area contributed by atoms with Crippen molar-refractivity contribution in [2.75, 3.05) is 24.7 Å². The highest BCUT2D eigenvalue weighted by Gasteiger charge is 2.07. The van der Waals surface area contributed by atoms with E-state index in [9.17, 15) is 0 Å². The molecule has 0 radical (unpaired) electrons. The quantitative estimate of drug-likeness (QED) is 0.594. The molecule has 0 aromatic heterocycles. The third-order valence-corrected chi connectivity index (χ3v) is 3.91. The maximum atomic E-state index is 8.49. The summed E-state index contributed by atoms with van der Waals surface area (Å²) in [7, 11) is 0. The minimum atomic E-state index is 0.476. The molecule has 0 saturated carbocycles. The number of hydrogen-bond donors (Lipinski definition) is 0. The molecule has 2 aromatic rings. The van der Waals surface area contributed by atoms with Crippen molar-refractivity contribution in [3.8, 4) is 6.07 Å². The molecule has 2 aromatic carbocycles. The number of nitriles is 1. The summed E-state index contributed by atoms with van der Waals surface area (Å²) in [6, 6.07) is 21.4. The molecule has 0 aliphatic carbocycles. The van der Waals surface area contributed by atoms with Gasteiger partial charge in [0.25, 0.3) is 0 Å². The van der Waals surface area contributed by atoms with Crippen molar-refractivity contribution in [3.05, 3.63) is 65.7 Å². The molecule has 0 heterocycles. The Morgan fingerprint density at radius 1 is 1.00 bits per heavy atom. The van der Waals surface area contributed by atoms with E-state index in [0.29, 0.717) is 13.0 Å². The number of rotatable bonds is 10. The average Bonchev–Trinajstić information content (AvgIpc) is 2.61. The fraction of sp³-hybridized carbons (Fsp3) is 0.381. The van der Waals surface area contributed by atoms with E-state index >= 15 is 0 Å². The van der Waals surface area contributed by atoms with Crippen LogP contribution in [0.25, 0.3) is 0 Å². The molecule has 0 saturated heterocycles. The normalized spacial score (nSPS) is 10.3. The number of hydrogen-bond acceptors (Lipinski definition) is 3. The molecule has 24 heavy (non-hydrogen) atoms. The fourth-order valence-corrected chi connectivity index (χ4v) is 2.65. The van der Waals surface area contributed by atoms with Crippen LogP contribution in [0.1, 0.15) is 30.4 Å². The van der Waals surface area contributed by atoms with Gasteiger partial charge in [0.1, 0.15) is 0 Å². The van der Waals surface area contributed by atoms with Gasteiger partial charge in [0, 0.05) is 25.4 Å². The first-order valence-corrected chi connectivity index (χ1v) is 8.60. The van der Waals surface area contributed by atoms with Crippen LogP contribution in [-0.4, -0.2) is 19.8 Å². The van der Waals surface area contributed by atoms with E-state index in [1.54, 1.807) is 0 Å². The number of aryl methyl sites for hydroxylation is 1. The zero-order chi connectivity index (χ0) is 17.0. The topological polar surface area (TPSA) is 36.3 Å². The maximum absolute atomic E-state index is 8.49. The third-order valence-electron chi connectivity index (χ3n) is 3.91. The number of nitrogens with zero attached hydrogens (tertiary/aromatic N) is 2. The minimum absolute atomic E-state index is 0.476. The molecule has 2 rings (SSSR count). The van der Waals surface area contributed by atoms with Gasteiger partial charge >= 0.3 is 0 Å². The highest BCUT2D eigenvalue weighted by atomic mass is 16.5. The number of ether oxygens (including phenoxy) is 1. The Balaban J connectivity index is 1.90. The van der Waals surface area contributed by atoms with Crippen molar-refractivity contribution in [1.82, 2.24) is 0 Å². The van der Waals surface area contributed by atoms with E-state index in [1.165, 1.54) is 16.8 Å². The van der Waals surface area contributed by atoms with Crippen molar-refractivity contribution < 1.29 is 4.74 Å². The molecule has 3 heteroatoms. The predicted octanol–water partition coefficient (Wildman–Crippen LogP) is 4.71. The van der Waals surface area contributed by atoms with E-state index < -0.39 is 0 Å². The molecule has 0 bridgehead atoms. The molecule has 3 nitrogen and oxygen atoms in total. The highest BCUT2D eigenvalue weighted by molar-refractivity contribution is 5.48. The number of anilines is 1. The highest BCUT2D eigenvalue weighted by Crippen LogP contribution is 2.19. The molecule has 0 fully saturated rings. The van der Waals surface area contributed by atoms with Crippen LogP contribution in [0.4, 0.5) is 5.69 Å². The summed E-state index contributed by atoms with van der Waals surface area (Å²) < 4.78 is 5.46. The Kier molecular flexibility index (Phi) is 7.86. The average molecular weight is 322 g/mol. The van der Waals surface area contributed by atoms with Gasteiger partial charge in [-0.25, -0.2) is 0 Å². The number of unbranched alkanes of at least 4 members (excludes halogenated alkanes) is 1. The van der Waals surface area contributed by atoms with Gasteiger partial charge in [0.15, 0.2) is 0 Å². The van der Waals surface area contributed by atoms with Gasteiger partial charge in [-0.05, 0) is 43.0 Å². The molecule has 0 unspecified atom stereocenters. The molecule has 0 atom stereocenters. The van der Waals surface area contributed by atoms with Gasteiger partial charge in [-0.3, -0.25) is 0 Å². The van der Waals surface area contributed by atoms with Crippen LogP contribution in [0.5, 0.6) is 0 Å². The monoisotopic (exact) mass is 322 g/mol. The van der Waals surface area contributed by atoms with Crippen molar-refractivity contribution in [1.29, 1.82) is 5.26 Å². The lowest BCUT2D eigenvalue weighted by Crippen LogP contribution is -2.24. The summed E-state index contributed by atoms with van der Waals surface area (Å²) in [6.07, 6.45) is 2.57. The van der Waals surface area contributed by atoms with Crippen LogP contribution in [0.15, 0.2) is 54.6 Å². The first-order valence-electron chi connectivity index (χ1n) is 8.60.